The fourth-order valence-electron chi connectivity index (χ4n) is 6.20. The standard InChI is InChI=1S/C39H24N2OS/c1-2-7-25(8-3-1)26-12-14-28(15-13-26)41(29-16-18-37-32(22-29)31-10-4-5-11-36(31)42-37)30-17-19-38-33(23-30)34-24-35-27(9-6-20-40-35)21-39(34)43-38/h1-24H. The molecular formula is C39H24N2OS. The van der Waals surface area contributed by atoms with Gasteiger partial charge in [-0.05, 0) is 83.9 Å². The van der Waals surface area contributed by atoms with Gasteiger partial charge < -0.3 is 9.32 Å². The van der Waals surface area contributed by atoms with E-state index in [9.17, 15) is 0 Å². The van der Waals surface area contributed by atoms with Crippen LogP contribution in [0.25, 0.3) is 64.1 Å². The SMILES string of the molecule is c1ccc(-c2ccc(N(c3ccc4oc5ccccc5c4c3)c3ccc4sc5cc6cccnc6cc5c4c3)cc2)cc1. The van der Waals surface area contributed by atoms with Gasteiger partial charge in [-0.15, -0.1) is 11.3 Å². The molecule has 0 unspecified atom stereocenters. The second-order valence-corrected chi connectivity index (χ2v) is 11.9. The van der Waals surface area contributed by atoms with Crippen LogP contribution in [0.2, 0.25) is 0 Å². The topological polar surface area (TPSA) is 29.3 Å². The van der Waals surface area contributed by atoms with E-state index in [0.717, 1.165) is 44.5 Å². The molecule has 3 aromatic heterocycles. The van der Waals surface area contributed by atoms with Crippen molar-refractivity contribution < 1.29 is 4.42 Å². The molecule has 0 saturated carbocycles. The van der Waals surface area contributed by atoms with Crippen molar-refractivity contribution in [1.29, 1.82) is 0 Å². The first kappa shape index (κ1) is 24.2. The molecule has 43 heavy (non-hydrogen) atoms. The van der Waals surface area contributed by atoms with Gasteiger partial charge in [0.15, 0.2) is 0 Å². The molecule has 202 valence electrons. The molecule has 0 aliphatic heterocycles. The number of fused-ring (bicyclic) bond motifs is 7. The van der Waals surface area contributed by atoms with Crippen LogP contribution in [-0.2, 0) is 0 Å². The van der Waals surface area contributed by atoms with Gasteiger partial charge in [0.05, 0.1) is 5.52 Å². The minimum absolute atomic E-state index is 0.892. The van der Waals surface area contributed by atoms with Crippen LogP contribution in [0.4, 0.5) is 17.1 Å². The molecule has 3 heterocycles. The number of hydrogen-bond acceptors (Lipinski definition) is 4. The van der Waals surface area contributed by atoms with E-state index in [2.05, 4.69) is 131 Å². The van der Waals surface area contributed by atoms with E-state index in [4.69, 9.17) is 4.42 Å². The third kappa shape index (κ3) is 3.99. The van der Waals surface area contributed by atoms with Crippen LogP contribution in [0.5, 0.6) is 0 Å². The number of rotatable bonds is 4. The smallest absolute Gasteiger partial charge is 0.135 e. The Morgan fingerprint density at radius 1 is 0.488 bits per heavy atom. The quantitative estimate of drug-likeness (QED) is 0.211. The van der Waals surface area contributed by atoms with E-state index in [1.165, 1.54) is 36.7 Å². The van der Waals surface area contributed by atoms with Crippen molar-refractivity contribution >= 4 is 81.4 Å². The van der Waals surface area contributed by atoms with Crippen molar-refractivity contribution in [3.8, 4) is 11.1 Å². The lowest BCUT2D eigenvalue weighted by molar-refractivity contribution is 0.669. The highest BCUT2D eigenvalue weighted by Crippen LogP contribution is 2.43. The Bertz CT molecular complexity index is 2460. The summed E-state index contributed by atoms with van der Waals surface area (Å²) in [5, 5.41) is 5.88. The number of aromatic nitrogens is 1. The normalized spacial score (nSPS) is 11.7. The molecule has 0 aliphatic rings. The van der Waals surface area contributed by atoms with Crippen LogP contribution in [-0.4, -0.2) is 4.98 Å². The summed E-state index contributed by atoms with van der Waals surface area (Å²) < 4.78 is 8.71. The van der Waals surface area contributed by atoms with Crippen LogP contribution in [0.1, 0.15) is 0 Å². The lowest BCUT2D eigenvalue weighted by Gasteiger charge is -2.26. The van der Waals surface area contributed by atoms with Crippen LogP contribution in [0, 0.1) is 0 Å². The second kappa shape index (κ2) is 9.55. The number of nitrogens with zero attached hydrogens (tertiary/aromatic N) is 2. The zero-order valence-corrected chi connectivity index (χ0v) is 23.9. The summed E-state index contributed by atoms with van der Waals surface area (Å²) in [6, 6.07) is 49.6. The highest BCUT2D eigenvalue weighted by Gasteiger charge is 2.17. The van der Waals surface area contributed by atoms with Gasteiger partial charge in [0.1, 0.15) is 11.2 Å². The molecule has 0 bridgehead atoms. The summed E-state index contributed by atoms with van der Waals surface area (Å²) in [5.74, 6) is 0. The van der Waals surface area contributed by atoms with E-state index < -0.39 is 0 Å². The van der Waals surface area contributed by atoms with E-state index in [-0.39, 0.29) is 0 Å². The lowest BCUT2D eigenvalue weighted by Crippen LogP contribution is -2.09. The van der Waals surface area contributed by atoms with Gasteiger partial charge in [0, 0.05) is 59.6 Å². The van der Waals surface area contributed by atoms with E-state index in [0.29, 0.717) is 0 Å². The van der Waals surface area contributed by atoms with Gasteiger partial charge in [0.25, 0.3) is 0 Å². The second-order valence-electron chi connectivity index (χ2n) is 10.9. The summed E-state index contributed by atoms with van der Waals surface area (Å²) >= 11 is 1.83. The van der Waals surface area contributed by atoms with Gasteiger partial charge >= 0.3 is 0 Å². The minimum atomic E-state index is 0.892. The average Bonchev–Trinajstić information content (AvgIpc) is 3.62. The summed E-state index contributed by atoms with van der Waals surface area (Å²) in [7, 11) is 0. The van der Waals surface area contributed by atoms with Gasteiger partial charge in [-0.2, -0.15) is 0 Å². The van der Waals surface area contributed by atoms with Gasteiger partial charge in [0.2, 0.25) is 0 Å². The van der Waals surface area contributed by atoms with Crippen molar-refractivity contribution in [2.45, 2.75) is 0 Å². The largest absolute Gasteiger partial charge is 0.456 e. The predicted octanol–water partition coefficient (Wildman–Crippen LogP) is 11.6. The van der Waals surface area contributed by atoms with Crippen molar-refractivity contribution in [3.05, 3.63) is 146 Å². The Hall–Kier alpha value is -5.45. The Morgan fingerprint density at radius 2 is 1.19 bits per heavy atom. The average molecular weight is 569 g/mol. The van der Waals surface area contributed by atoms with Gasteiger partial charge in [-0.1, -0.05) is 66.7 Å². The van der Waals surface area contributed by atoms with Gasteiger partial charge in [-0.3, -0.25) is 4.98 Å². The maximum absolute atomic E-state index is 6.17. The monoisotopic (exact) mass is 568 g/mol. The number of hydrogen-bond donors (Lipinski definition) is 0. The molecule has 9 rings (SSSR count). The zero-order valence-electron chi connectivity index (χ0n) is 23.1. The van der Waals surface area contributed by atoms with E-state index >= 15 is 0 Å². The van der Waals surface area contributed by atoms with Crippen LogP contribution < -0.4 is 4.90 Å². The number of benzene rings is 6. The molecule has 0 atom stereocenters. The molecule has 4 heteroatoms. The van der Waals surface area contributed by atoms with Crippen molar-refractivity contribution in [1.82, 2.24) is 4.98 Å². The molecule has 0 fully saturated rings. The fraction of sp³-hybridized carbons (Fsp3) is 0. The molecule has 3 nitrogen and oxygen atoms in total. The molecule has 0 aliphatic carbocycles. The first-order valence-corrected chi connectivity index (χ1v) is 15.2. The summed E-state index contributed by atoms with van der Waals surface area (Å²) in [6.45, 7) is 0. The number of anilines is 3. The third-order valence-electron chi connectivity index (χ3n) is 8.29. The first-order valence-electron chi connectivity index (χ1n) is 14.4. The van der Waals surface area contributed by atoms with Gasteiger partial charge in [-0.25, -0.2) is 0 Å². The van der Waals surface area contributed by atoms with Crippen LogP contribution >= 0.6 is 11.3 Å². The first-order chi connectivity index (χ1) is 21.3. The molecule has 0 spiro atoms. The fourth-order valence-corrected chi connectivity index (χ4v) is 7.32. The molecule has 0 radical (unpaired) electrons. The Kier molecular flexibility index (Phi) is 5.37. The molecular weight excluding hydrogens is 545 g/mol. The maximum Gasteiger partial charge on any atom is 0.135 e. The molecule has 0 saturated heterocycles. The Morgan fingerprint density at radius 3 is 2.07 bits per heavy atom. The minimum Gasteiger partial charge on any atom is -0.456 e. The predicted molar refractivity (Wildman–Crippen MR) is 182 cm³/mol. The Labute approximate surface area is 251 Å². The molecule has 9 aromatic rings. The lowest BCUT2D eigenvalue weighted by atomic mass is 10.0. The zero-order chi connectivity index (χ0) is 28.3. The number of para-hydroxylation sites is 1. The van der Waals surface area contributed by atoms with Crippen LogP contribution in [0.3, 0.4) is 0 Å². The maximum atomic E-state index is 6.17. The highest BCUT2D eigenvalue weighted by atomic mass is 32.1. The molecule has 6 aromatic carbocycles. The summed E-state index contributed by atoms with van der Waals surface area (Å²) in [6.07, 6.45) is 1.87. The Balaban J connectivity index is 1.25. The van der Waals surface area contributed by atoms with Crippen molar-refractivity contribution in [2.75, 3.05) is 4.90 Å². The third-order valence-corrected chi connectivity index (χ3v) is 9.42. The highest BCUT2D eigenvalue weighted by molar-refractivity contribution is 7.25. The van der Waals surface area contributed by atoms with E-state index in [1.54, 1.807) is 0 Å². The molecule has 0 amide bonds. The number of furan rings is 1. The summed E-state index contributed by atoms with van der Waals surface area (Å²) in [4.78, 5) is 6.98. The number of thiophene rings is 1. The van der Waals surface area contributed by atoms with Crippen molar-refractivity contribution in [3.63, 3.8) is 0 Å². The van der Waals surface area contributed by atoms with E-state index in [1.807, 2.05) is 35.7 Å². The molecule has 0 N–H and O–H groups in total. The van der Waals surface area contributed by atoms with Crippen molar-refractivity contribution in [2.24, 2.45) is 0 Å². The summed E-state index contributed by atoms with van der Waals surface area (Å²) in [5.41, 5.74) is 8.50. The van der Waals surface area contributed by atoms with Crippen LogP contribution in [0.15, 0.2) is 150 Å². The number of pyridine rings is 1.